The molecule has 1 heterocycles. The second-order valence-electron chi connectivity index (χ2n) is 3.07. The lowest BCUT2D eigenvalue weighted by molar-refractivity contribution is -0.136. The Hall–Kier alpha value is -1.24. The molecule has 0 radical (unpaired) electrons. The zero-order chi connectivity index (χ0) is 11.4. The highest BCUT2D eigenvalue weighted by molar-refractivity contribution is 8.01. The number of carbonyl (C=O) groups is 3. The predicted octanol–water partition coefficient (Wildman–Crippen LogP) is -0.256. The number of imide groups is 1. The van der Waals surface area contributed by atoms with E-state index in [-0.39, 0.29) is 11.7 Å². The number of aliphatic carboxylic acids is 1. The van der Waals surface area contributed by atoms with Crippen LogP contribution in [0.1, 0.15) is 6.92 Å². The quantitative estimate of drug-likeness (QED) is 0.697. The third-order valence-corrected chi connectivity index (χ3v) is 3.08. The van der Waals surface area contributed by atoms with Gasteiger partial charge in [-0.15, -0.1) is 11.8 Å². The van der Waals surface area contributed by atoms with Crippen LogP contribution in [-0.2, 0) is 9.59 Å². The number of carboxylic acids is 1. The van der Waals surface area contributed by atoms with Crippen molar-refractivity contribution in [3.63, 3.8) is 0 Å². The maximum absolute atomic E-state index is 11.4. The first kappa shape index (κ1) is 11.8. The van der Waals surface area contributed by atoms with Gasteiger partial charge in [0.25, 0.3) is 0 Å². The first-order valence-electron chi connectivity index (χ1n) is 4.45. The zero-order valence-electron chi connectivity index (χ0n) is 8.23. The zero-order valence-corrected chi connectivity index (χ0v) is 9.04. The van der Waals surface area contributed by atoms with Gasteiger partial charge in [-0.25, -0.2) is 4.79 Å². The predicted molar refractivity (Wildman–Crippen MR) is 54.7 cm³/mol. The van der Waals surface area contributed by atoms with Gasteiger partial charge in [-0.1, -0.05) is 0 Å². The van der Waals surface area contributed by atoms with E-state index < -0.39 is 17.3 Å². The number of urea groups is 1. The highest BCUT2D eigenvalue weighted by Crippen LogP contribution is 2.12. The summed E-state index contributed by atoms with van der Waals surface area (Å²) in [5, 5.41) is 10.4. The first-order valence-corrected chi connectivity index (χ1v) is 5.50. The Morgan fingerprint density at radius 1 is 1.67 bits per heavy atom. The van der Waals surface area contributed by atoms with Crippen LogP contribution in [0.25, 0.3) is 0 Å². The van der Waals surface area contributed by atoms with Crippen molar-refractivity contribution in [2.24, 2.45) is 0 Å². The van der Waals surface area contributed by atoms with Crippen LogP contribution in [0.3, 0.4) is 0 Å². The Morgan fingerprint density at radius 3 is 2.80 bits per heavy atom. The molecule has 0 aromatic heterocycles. The lowest BCUT2D eigenvalue weighted by atomic mass is 10.5. The number of carbonyl (C=O) groups excluding carboxylic acids is 2. The van der Waals surface area contributed by atoms with Crippen LogP contribution >= 0.6 is 11.8 Å². The summed E-state index contributed by atoms with van der Waals surface area (Å²) in [7, 11) is 0. The van der Waals surface area contributed by atoms with Crippen molar-refractivity contribution in [3.8, 4) is 0 Å². The van der Waals surface area contributed by atoms with Gasteiger partial charge in [-0.2, -0.15) is 0 Å². The minimum atomic E-state index is -0.960. The van der Waals surface area contributed by atoms with E-state index in [0.29, 0.717) is 13.1 Å². The molecule has 0 bridgehead atoms. The van der Waals surface area contributed by atoms with Crippen LogP contribution in [0.15, 0.2) is 0 Å². The summed E-state index contributed by atoms with van der Waals surface area (Å²) in [4.78, 5) is 34.1. The van der Waals surface area contributed by atoms with Gasteiger partial charge in [0, 0.05) is 13.1 Å². The molecule has 0 saturated carbocycles. The molecule has 1 saturated heterocycles. The van der Waals surface area contributed by atoms with Crippen molar-refractivity contribution in [1.29, 1.82) is 0 Å². The number of nitrogens with one attached hydrogen (secondary N) is 1. The molecule has 15 heavy (non-hydrogen) atoms. The Balaban J connectivity index is 2.36. The standard InChI is InChI=1S/C8H12N2O4S/c1-5(7(12)13)15-4-6(11)10-3-2-9-8(10)14/h5H,2-4H2,1H3,(H,9,14)(H,12,13). The lowest BCUT2D eigenvalue weighted by Crippen LogP contribution is -2.36. The van der Waals surface area contributed by atoms with Gasteiger partial charge in [0.2, 0.25) is 5.91 Å². The number of carboxylic acid groups (broad SMARTS) is 1. The van der Waals surface area contributed by atoms with Crippen LogP contribution in [-0.4, -0.2) is 52.0 Å². The molecule has 0 aromatic carbocycles. The minimum absolute atomic E-state index is 0.0148. The van der Waals surface area contributed by atoms with Crippen molar-refractivity contribution < 1.29 is 19.5 Å². The second-order valence-corrected chi connectivity index (χ2v) is 4.40. The Morgan fingerprint density at radius 2 is 2.33 bits per heavy atom. The first-order chi connectivity index (χ1) is 7.02. The van der Waals surface area contributed by atoms with E-state index in [4.69, 9.17) is 5.11 Å². The van der Waals surface area contributed by atoms with Gasteiger partial charge in [-0.05, 0) is 6.92 Å². The van der Waals surface area contributed by atoms with E-state index in [9.17, 15) is 14.4 Å². The highest BCUT2D eigenvalue weighted by Gasteiger charge is 2.26. The maximum atomic E-state index is 11.4. The Kier molecular flexibility index (Phi) is 3.96. The molecule has 84 valence electrons. The summed E-state index contributed by atoms with van der Waals surface area (Å²) >= 11 is 1.01. The van der Waals surface area contributed by atoms with E-state index >= 15 is 0 Å². The van der Waals surface area contributed by atoms with Crippen LogP contribution < -0.4 is 5.32 Å². The Bertz CT molecular complexity index is 294. The molecule has 0 spiro atoms. The lowest BCUT2D eigenvalue weighted by Gasteiger charge is -2.12. The van der Waals surface area contributed by atoms with E-state index in [1.165, 1.54) is 6.92 Å². The van der Waals surface area contributed by atoms with E-state index in [1.807, 2.05) is 0 Å². The van der Waals surface area contributed by atoms with Gasteiger partial charge in [0.1, 0.15) is 0 Å². The van der Waals surface area contributed by atoms with Gasteiger partial charge >= 0.3 is 12.0 Å². The summed E-state index contributed by atoms with van der Waals surface area (Å²) < 4.78 is 0. The van der Waals surface area contributed by atoms with Gasteiger partial charge in [0.15, 0.2) is 0 Å². The molecule has 3 amide bonds. The number of rotatable bonds is 4. The fourth-order valence-corrected chi connectivity index (χ4v) is 1.75. The van der Waals surface area contributed by atoms with Crippen molar-refractivity contribution in [1.82, 2.24) is 10.2 Å². The van der Waals surface area contributed by atoms with Crippen LogP contribution in [0.5, 0.6) is 0 Å². The average Bonchev–Trinajstić information content (AvgIpc) is 2.60. The van der Waals surface area contributed by atoms with Crippen molar-refractivity contribution in [3.05, 3.63) is 0 Å². The molecule has 6 nitrogen and oxygen atoms in total. The molecule has 0 aliphatic carbocycles. The van der Waals surface area contributed by atoms with Crippen LogP contribution in [0.4, 0.5) is 4.79 Å². The van der Waals surface area contributed by atoms with Gasteiger partial charge < -0.3 is 10.4 Å². The molecule has 1 rings (SSSR count). The minimum Gasteiger partial charge on any atom is -0.480 e. The molecule has 0 aromatic rings. The number of hydrogen-bond acceptors (Lipinski definition) is 4. The summed E-state index contributed by atoms with van der Waals surface area (Å²) in [6.45, 7) is 2.33. The molecule has 7 heteroatoms. The van der Waals surface area contributed by atoms with Crippen molar-refractivity contribution in [2.75, 3.05) is 18.8 Å². The molecule has 1 unspecified atom stereocenters. The third kappa shape index (κ3) is 3.12. The summed E-state index contributed by atoms with van der Waals surface area (Å²) in [6.07, 6.45) is 0. The van der Waals surface area contributed by atoms with Crippen LogP contribution in [0.2, 0.25) is 0 Å². The fraction of sp³-hybridized carbons (Fsp3) is 0.625. The molecule has 1 aliphatic rings. The number of amides is 3. The summed E-state index contributed by atoms with van der Waals surface area (Å²) in [5.74, 6) is -1.29. The van der Waals surface area contributed by atoms with E-state index in [2.05, 4.69) is 5.32 Å². The van der Waals surface area contributed by atoms with Crippen molar-refractivity contribution in [2.45, 2.75) is 12.2 Å². The summed E-state index contributed by atoms with van der Waals surface area (Å²) in [5.41, 5.74) is 0. The molecular formula is C8H12N2O4S. The number of nitrogens with zero attached hydrogens (tertiary/aromatic N) is 1. The molecule has 1 atom stereocenters. The van der Waals surface area contributed by atoms with Crippen molar-refractivity contribution >= 4 is 29.7 Å². The Labute approximate surface area is 91.0 Å². The number of thioether (sulfide) groups is 1. The summed E-state index contributed by atoms with van der Waals surface area (Å²) in [6, 6.07) is -0.399. The monoisotopic (exact) mass is 232 g/mol. The van der Waals surface area contributed by atoms with Gasteiger partial charge in [-0.3, -0.25) is 14.5 Å². The number of hydrogen-bond donors (Lipinski definition) is 2. The van der Waals surface area contributed by atoms with E-state index in [1.54, 1.807) is 0 Å². The second kappa shape index (κ2) is 5.01. The highest BCUT2D eigenvalue weighted by atomic mass is 32.2. The molecule has 1 fully saturated rings. The topological polar surface area (TPSA) is 86.7 Å². The average molecular weight is 232 g/mol. The van der Waals surface area contributed by atoms with Crippen LogP contribution in [0, 0.1) is 0 Å². The smallest absolute Gasteiger partial charge is 0.324 e. The molecular weight excluding hydrogens is 220 g/mol. The largest absolute Gasteiger partial charge is 0.480 e. The molecule has 1 aliphatic heterocycles. The maximum Gasteiger partial charge on any atom is 0.324 e. The molecule has 2 N–H and O–H groups in total. The fourth-order valence-electron chi connectivity index (χ4n) is 1.06. The SMILES string of the molecule is CC(SCC(=O)N1CCNC1=O)C(=O)O. The van der Waals surface area contributed by atoms with Gasteiger partial charge in [0.05, 0.1) is 11.0 Å². The third-order valence-electron chi connectivity index (χ3n) is 1.96. The van der Waals surface area contributed by atoms with E-state index in [0.717, 1.165) is 16.7 Å². The normalized spacial score (nSPS) is 17.4.